The number of fused-ring (bicyclic) bond motifs is 1. The van der Waals surface area contributed by atoms with Crippen LogP contribution >= 0.6 is 0 Å². The number of rotatable bonds is 8. The average molecular weight is 370 g/mol. The van der Waals surface area contributed by atoms with E-state index in [1.54, 1.807) is 0 Å². The Labute approximate surface area is 166 Å². The van der Waals surface area contributed by atoms with E-state index in [1.165, 1.54) is 33.2 Å². The van der Waals surface area contributed by atoms with Crippen molar-refractivity contribution >= 4 is 10.9 Å². The summed E-state index contributed by atoms with van der Waals surface area (Å²) in [5.41, 5.74) is 6.26. The first-order valence-electron chi connectivity index (χ1n) is 9.81. The number of para-hydroxylation sites is 1. The second-order valence-electron chi connectivity index (χ2n) is 7.21. The fourth-order valence-electron chi connectivity index (χ4n) is 3.51. The van der Waals surface area contributed by atoms with Gasteiger partial charge in [0.1, 0.15) is 12.4 Å². The molecule has 2 N–H and O–H groups in total. The van der Waals surface area contributed by atoms with Crippen molar-refractivity contribution in [3.63, 3.8) is 0 Å². The molecule has 0 aliphatic heterocycles. The third-order valence-electron chi connectivity index (χ3n) is 4.96. The Morgan fingerprint density at radius 2 is 1.75 bits per heavy atom. The van der Waals surface area contributed by atoms with Gasteiger partial charge in [0.2, 0.25) is 0 Å². The van der Waals surface area contributed by atoms with Crippen LogP contribution in [-0.4, -0.2) is 11.5 Å². The van der Waals surface area contributed by atoms with Gasteiger partial charge in [-0.15, -0.1) is 0 Å². The highest BCUT2D eigenvalue weighted by Gasteiger charge is 2.03. The van der Waals surface area contributed by atoms with E-state index in [0.29, 0.717) is 6.61 Å². The Balaban J connectivity index is 1.27. The normalized spacial score (nSPS) is 11.0. The molecule has 0 spiro atoms. The highest BCUT2D eigenvalue weighted by atomic mass is 16.5. The van der Waals surface area contributed by atoms with Crippen molar-refractivity contribution in [2.24, 2.45) is 0 Å². The second-order valence-corrected chi connectivity index (χ2v) is 7.21. The Kier molecular flexibility index (Phi) is 5.74. The number of ether oxygens (including phenoxy) is 1. The second kappa shape index (κ2) is 8.77. The summed E-state index contributed by atoms with van der Waals surface area (Å²) in [6.07, 6.45) is 3.12. The minimum absolute atomic E-state index is 0.596. The van der Waals surface area contributed by atoms with Gasteiger partial charge in [-0.25, -0.2) is 0 Å². The zero-order chi connectivity index (χ0) is 19.2. The van der Waals surface area contributed by atoms with Crippen LogP contribution in [0.4, 0.5) is 0 Å². The number of hydrogen-bond donors (Lipinski definition) is 2. The van der Waals surface area contributed by atoms with Crippen LogP contribution in [0, 0.1) is 6.92 Å². The number of aromatic amines is 1. The van der Waals surface area contributed by atoms with Gasteiger partial charge in [-0.05, 0) is 54.8 Å². The lowest BCUT2D eigenvalue weighted by Crippen LogP contribution is -2.16. The lowest BCUT2D eigenvalue weighted by Gasteiger charge is -2.09. The van der Waals surface area contributed by atoms with Crippen molar-refractivity contribution in [2.45, 2.75) is 26.5 Å². The molecule has 3 aromatic carbocycles. The van der Waals surface area contributed by atoms with Crippen LogP contribution in [0.1, 0.15) is 22.3 Å². The summed E-state index contributed by atoms with van der Waals surface area (Å²) >= 11 is 0. The van der Waals surface area contributed by atoms with Gasteiger partial charge in [0.05, 0.1) is 0 Å². The third kappa shape index (κ3) is 4.62. The molecule has 0 atom stereocenters. The van der Waals surface area contributed by atoms with Crippen molar-refractivity contribution in [3.8, 4) is 5.75 Å². The number of aromatic nitrogens is 1. The monoisotopic (exact) mass is 370 g/mol. The molecule has 3 nitrogen and oxygen atoms in total. The molecule has 1 aromatic heterocycles. The zero-order valence-electron chi connectivity index (χ0n) is 16.2. The molecule has 142 valence electrons. The Hall–Kier alpha value is -3.04. The molecule has 0 saturated carbocycles. The molecule has 0 unspecified atom stereocenters. The molecule has 0 fully saturated rings. The summed E-state index contributed by atoms with van der Waals surface area (Å²) in [6, 6.07) is 25.2. The molecule has 0 aliphatic carbocycles. The molecule has 1 heterocycles. The van der Waals surface area contributed by atoms with Crippen LogP contribution in [0.15, 0.2) is 79.0 Å². The van der Waals surface area contributed by atoms with Crippen molar-refractivity contribution in [1.29, 1.82) is 0 Å². The van der Waals surface area contributed by atoms with Crippen LogP contribution in [0.3, 0.4) is 0 Å². The molecule has 0 bridgehead atoms. The van der Waals surface area contributed by atoms with Gasteiger partial charge in [0.25, 0.3) is 0 Å². The van der Waals surface area contributed by atoms with Crippen LogP contribution in [0.2, 0.25) is 0 Å². The molecule has 0 aliphatic rings. The quantitative estimate of drug-likeness (QED) is 0.408. The first-order chi connectivity index (χ1) is 13.8. The van der Waals surface area contributed by atoms with E-state index in [1.807, 2.05) is 6.07 Å². The van der Waals surface area contributed by atoms with Gasteiger partial charge in [-0.1, -0.05) is 60.2 Å². The molecular weight excluding hydrogens is 344 g/mol. The predicted molar refractivity (Wildman–Crippen MR) is 116 cm³/mol. The highest BCUT2D eigenvalue weighted by molar-refractivity contribution is 5.83. The summed E-state index contributed by atoms with van der Waals surface area (Å²) < 4.78 is 5.97. The lowest BCUT2D eigenvalue weighted by molar-refractivity contribution is 0.306. The van der Waals surface area contributed by atoms with Crippen molar-refractivity contribution in [2.75, 3.05) is 6.54 Å². The van der Waals surface area contributed by atoms with Gasteiger partial charge in [0, 0.05) is 23.6 Å². The minimum Gasteiger partial charge on any atom is -0.489 e. The van der Waals surface area contributed by atoms with E-state index >= 15 is 0 Å². The van der Waals surface area contributed by atoms with E-state index in [0.717, 1.165) is 25.3 Å². The maximum Gasteiger partial charge on any atom is 0.120 e. The van der Waals surface area contributed by atoms with E-state index < -0.39 is 0 Å². The van der Waals surface area contributed by atoms with E-state index in [2.05, 4.69) is 90.2 Å². The van der Waals surface area contributed by atoms with E-state index in [4.69, 9.17) is 4.74 Å². The summed E-state index contributed by atoms with van der Waals surface area (Å²) in [5, 5.41) is 4.86. The molecule has 0 saturated heterocycles. The maximum atomic E-state index is 5.97. The zero-order valence-corrected chi connectivity index (χ0v) is 16.2. The van der Waals surface area contributed by atoms with Gasteiger partial charge in [-0.3, -0.25) is 0 Å². The van der Waals surface area contributed by atoms with Crippen LogP contribution in [-0.2, 0) is 19.6 Å². The fourth-order valence-corrected chi connectivity index (χ4v) is 3.51. The van der Waals surface area contributed by atoms with Crippen LogP contribution in [0.25, 0.3) is 10.9 Å². The standard InChI is InChI=1S/C25H26N2O/c1-19-6-4-8-21(14-19)18-28-23-9-5-7-20(15-23)16-26-13-12-22-17-27-25-11-3-2-10-24(22)25/h2-11,14-15,17,26-27H,12-13,16,18H2,1H3. The Morgan fingerprint density at radius 1 is 0.893 bits per heavy atom. The lowest BCUT2D eigenvalue weighted by atomic mass is 10.1. The summed E-state index contributed by atoms with van der Waals surface area (Å²) in [4.78, 5) is 3.34. The molecule has 0 radical (unpaired) electrons. The highest BCUT2D eigenvalue weighted by Crippen LogP contribution is 2.18. The topological polar surface area (TPSA) is 37.0 Å². The van der Waals surface area contributed by atoms with Crippen molar-refractivity contribution in [3.05, 3.63) is 101 Å². The first-order valence-corrected chi connectivity index (χ1v) is 9.81. The molecule has 4 aromatic rings. The van der Waals surface area contributed by atoms with Crippen LogP contribution < -0.4 is 10.1 Å². The van der Waals surface area contributed by atoms with Crippen LogP contribution in [0.5, 0.6) is 5.75 Å². The molecule has 28 heavy (non-hydrogen) atoms. The van der Waals surface area contributed by atoms with E-state index in [-0.39, 0.29) is 0 Å². The van der Waals surface area contributed by atoms with Gasteiger partial charge in [-0.2, -0.15) is 0 Å². The molecule has 0 amide bonds. The summed E-state index contributed by atoms with van der Waals surface area (Å²) in [5.74, 6) is 0.914. The molecular formula is C25H26N2O. The number of nitrogens with one attached hydrogen (secondary N) is 2. The average Bonchev–Trinajstić information content (AvgIpc) is 3.13. The van der Waals surface area contributed by atoms with Gasteiger partial charge >= 0.3 is 0 Å². The van der Waals surface area contributed by atoms with Crippen molar-refractivity contribution in [1.82, 2.24) is 10.3 Å². The number of benzene rings is 3. The van der Waals surface area contributed by atoms with Crippen molar-refractivity contribution < 1.29 is 4.74 Å². The van der Waals surface area contributed by atoms with Gasteiger partial charge in [0.15, 0.2) is 0 Å². The first kappa shape index (κ1) is 18.3. The molecule has 3 heteroatoms. The minimum atomic E-state index is 0.596. The summed E-state index contributed by atoms with van der Waals surface area (Å²) in [7, 11) is 0. The number of H-pyrrole nitrogens is 1. The Morgan fingerprint density at radius 3 is 2.68 bits per heavy atom. The molecule has 4 rings (SSSR count). The maximum absolute atomic E-state index is 5.97. The fraction of sp³-hybridized carbons (Fsp3) is 0.200. The Bertz CT molecular complexity index is 1050. The largest absolute Gasteiger partial charge is 0.489 e. The number of aryl methyl sites for hydroxylation is 1. The SMILES string of the molecule is Cc1cccc(COc2cccc(CNCCc3c[nH]c4ccccc34)c2)c1. The summed E-state index contributed by atoms with van der Waals surface area (Å²) in [6.45, 7) is 4.48. The van der Waals surface area contributed by atoms with Gasteiger partial charge < -0.3 is 15.0 Å². The predicted octanol–water partition coefficient (Wildman–Crippen LogP) is 5.39. The van der Waals surface area contributed by atoms with E-state index in [9.17, 15) is 0 Å². The third-order valence-corrected chi connectivity index (χ3v) is 4.96. The smallest absolute Gasteiger partial charge is 0.120 e. The number of hydrogen-bond acceptors (Lipinski definition) is 2.